The van der Waals surface area contributed by atoms with Crippen LogP contribution in [-0.2, 0) is 16.3 Å². The Kier molecular flexibility index (Phi) is 3.66. The largest absolute Gasteiger partial charge is 0.370 e. The number of anilines is 1. The Labute approximate surface area is 123 Å². The fraction of sp³-hybridized carbons (Fsp3) is 0.385. The van der Waals surface area contributed by atoms with Crippen LogP contribution in [0.25, 0.3) is 0 Å². The van der Waals surface area contributed by atoms with E-state index in [9.17, 15) is 13.2 Å². The van der Waals surface area contributed by atoms with Gasteiger partial charge in [0.05, 0.1) is 10.6 Å². The Balaban J connectivity index is 2.70. The van der Waals surface area contributed by atoms with E-state index in [1.54, 1.807) is 24.9 Å². The van der Waals surface area contributed by atoms with Crippen molar-refractivity contribution >= 4 is 27.4 Å². The smallest absolute Gasteiger partial charge is 0.280 e. The summed E-state index contributed by atoms with van der Waals surface area (Å²) < 4.78 is 24.7. The van der Waals surface area contributed by atoms with Crippen LogP contribution in [0.1, 0.15) is 29.8 Å². The first kappa shape index (κ1) is 15.3. The summed E-state index contributed by atoms with van der Waals surface area (Å²) in [6, 6.07) is 3.09. The molecular formula is C13H18N4O3S. The first-order valence-corrected chi connectivity index (χ1v) is 8.02. The van der Waals surface area contributed by atoms with Gasteiger partial charge in [0.15, 0.2) is 5.96 Å². The lowest BCUT2D eigenvalue weighted by molar-refractivity contribution is 0.100. The van der Waals surface area contributed by atoms with E-state index in [4.69, 9.17) is 11.5 Å². The fourth-order valence-corrected chi connectivity index (χ4v) is 4.05. The molecule has 0 spiro atoms. The van der Waals surface area contributed by atoms with Crippen LogP contribution in [-0.4, -0.2) is 32.7 Å². The quantitative estimate of drug-likeness (QED) is 0.596. The molecule has 1 aromatic rings. The summed E-state index contributed by atoms with van der Waals surface area (Å²) >= 11 is 0. The topological polar surface area (TPSA) is 119 Å². The number of nitrogens with zero attached hydrogens (tertiary/aromatic N) is 2. The molecule has 21 heavy (non-hydrogen) atoms. The van der Waals surface area contributed by atoms with Gasteiger partial charge in [0, 0.05) is 12.6 Å². The number of sulfone groups is 1. The van der Waals surface area contributed by atoms with E-state index in [2.05, 4.69) is 4.99 Å². The van der Waals surface area contributed by atoms with Gasteiger partial charge in [-0.2, -0.15) is 4.99 Å². The molecule has 1 unspecified atom stereocenters. The summed E-state index contributed by atoms with van der Waals surface area (Å²) in [6.45, 7) is 3.49. The highest BCUT2D eigenvalue weighted by Gasteiger charge is 2.39. The molecule has 1 aromatic carbocycles. The van der Waals surface area contributed by atoms with Gasteiger partial charge < -0.3 is 16.4 Å². The molecular weight excluding hydrogens is 292 g/mol. The molecule has 1 aliphatic rings. The Morgan fingerprint density at radius 2 is 2.00 bits per heavy atom. The maximum Gasteiger partial charge on any atom is 0.280 e. The summed E-state index contributed by atoms with van der Waals surface area (Å²) in [5.74, 6) is -0.983. The molecule has 1 heterocycles. The number of amides is 1. The number of hydrogen-bond donors (Lipinski definition) is 2. The van der Waals surface area contributed by atoms with Crippen molar-refractivity contribution in [2.75, 3.05) is 11.9 Å². The van der Waals surface area contributed by atoms with Crippen molar-refractivity contribution in [1.29, 1.82) is 0 Å². The summed E-state index contributed by atoms with van der Waals surface area (Å²) in [7, 11) is -1.77. The summed E-state index contributed by atoms with van der Waals surface area (Å²) in [5.41, 5.74) is 12.0. The van der Waals surface area contributed by atoms with Gasteiger partial charge in [-0.3, -0.25) is 4.79 Å². The maximum atomic E-state index is 12.4. The second kappa shape index (κ2) is 5.03. The molecule has 1 amide bonds. The lowest BCUT2D eigenvalue weighted by Crippen LogP contribution is -2.28. The number of nitrogens with two attached hydrogens (primary N) is 2. The van der Waals surface area contributed by atoms with Gasteiger partial charge in [-0.1, -0.05) is 6.92 Å². The molecule has 2 rings (SSSR count). The van der Waals surface area contributed by atoms with Crippen LogP contribution in [0.3, 0.4) is 0 Å². The van der Waals surface area contributed by atoms with E-state index in [-0.39, 0.29) is 16.4 Å². The van der Waals surface area contributed by atoms with Gasteiger partial charge in [-0.05, 0) is 31.0 Å². The molecule has 114 valence electrons. The van der Waals surface area contributed by atoms with Crippen molar-refractivity contribution in [2.45, 2.75) is 30.5 Å². The maximum absolute atomic E-state index is 12.4. The summed E-state index contributed by atoms with van der Waals surface area (Å²) in [5, 5.41) is -0.661. The number of carbonyl (C=O) groups is 1. The monoisotopic (exact) mass is 310 g/mol. The van der Waals surface area contributed by atoms with E-state index in [1.807, 2.05) is 6.92 Å². The number of aryl methyl sites for hydroxylation is 1. The van der Waals surface area contributed by atoms with Crippen LogP contribution < -0.4 is 16.4 Å². The third kappa shape index (κ3) is 2.35. The van der Waals surface area contributed by atoms with Crippen molar-refractivity contribution in [3.8, 4) is 0 Å². The first-order valence-electron chi connectivity index (χ1n) is 6.47. The Hall–Kier alpha value is -2.09. The lowest BCUT2D eigenvalue weighted by atomic mass is 10.0. The summed E-state index contributed by atoms with van der Waals surface area (Å²) in [4.78, 5) is 17.4. The molecule has 8 heteroatoms. The Morgan fingerprint density at radius 3 is 2.52 bits per heavy atom. The molecule has 0 saturated carbocycles. The van der Waals surface area contributed by atoms with Crippen molar-refractivity contribution in [2.24, 2.45) is 16.5 Å². The van der Waals surface area contributed by atoms with E-state index >= 15 is 0 Å². The number of rotatable bonds is 2. The molecule has 0 saturated heterocycles. The average Bonchev–Trinajstić information content (AvgIpc) is 2.58. The van der Waals surface area contributed by atoms with Crippen LogP contribution in [0, 0.1) is 0 Å². The number of benzene rings is 1. The first-order chi connectivity index (χ1) is 9.70. The molecule has 0 radical (unpaired) electrons. The van der Waals surface area contributed by atoms with E-state index in [0.717, 1.165) is 0 Å². The van der Waals surface area contributed by atoms with Crippen LogP contribution in [0.15, 0.2) is 22.0 Å². The van der Waals surface area contributed by atoms with Gasteiger partial charge >= 0.3 is 0 Å². The van der Waals surface area contributed by atoms with Crippen LogP contribution in [0.5, 0.6) is 0 Å². The zero-order valence-corrected chi connectivity index (χ0v) is 12.9. The average molecular weight is 310 g/mol. The predicted molar refractivity (Wildman–Crippen MR) is 81.0 cm³/mol. The fourth-order valence-electron chi connectivity index (χ4n) is 2.37. The van der Waals surface area contributed by atoms with Crippen molar-refractivity contribution in [1.82, 2.24) is 0 Å². The van der Waals surface area contributed by atoms with E-state index in [1.165, 1.54) is 6.07 Å². The van der Waals surface area contributed by atoms with Crippen LogP contribution in [0.2, 0.25) is 0 Å². The van der Waals surface area contributed by atoms with Crippen LogP contribution in [0.4, 0.5) is 5.69 Å². The molecule has 4 N–H and O–H groups in total. The number of guanidine groups is 1. The lowest BCUT2D eigenvalue weighted by Gasteiger charge is -2.17. The number of carbonyl (C=O) groups excluding carboxylic acids is 1. The molecule has 0 aromatic heterocycles. The van der Waals surface area contributed by atoms with Gasteiger partial charge in [-0.15, -0.1) is 0 Å². The molecule has 1 atom stereocenters. The van der Waals surface area contributed by atoms with E-state index < -0.39 is 21.1 Å². The van der Waals surface area contributed by atoms with Crippen LogP contribution >= 0.6 is 0 Å². The summed E-state index contributed by atoms with van der Waals surface area (Å²) in [6.07, 6.45) is 0.566. The minimum absolute atomic E-state index is 0.142. The molecule has 1 aliphatic heterocycles. The molecule has 0 aliphatic carbocycles. The highest BCUT2D eigenvalue weighted by atomic mass is 32.2. The number of aliphatic imine (C=N–C) groups is 1. The Bertz CT molecular complexity index is 736. The zero-order chi connectivity index (χ0) is 15.9. The van der Waals surface area contributed by atoms with Gasteiger partial charge in [0.25, 0.3) is 5.91 Å². The minimum atomic E-state index is -3.48. The second-order valence-corrected chi connectivity index (χ2v) is 7.14. The highest BCUT2D eigenvalue weighted by Crippen LogP contribution is 2.39. The second-order valence-electron chi connectivity index (χ2n) is 4.93. The third-order valence-corrected chi connectivity index (χ3v) is 5.86. The van der Waals surface area contributed by atoms with E-state index in [0.29, 0.717) is 17.7 Å². The predicted octanol–water partition coefficient (Wildman–Crippen LogP) is 0.232. The third-order valence-electron chi connectivity index (χ3n) is 3.71. The Morgan fingerprint density at radius 1 is 1.38 bits per heavy atom. The standard InChI is InChI=1S/C13H18N4O3S/c1-4-8-5-10-11(21(19,20)7(2)17(10)3)6-9(8)12(18)16-13(14)15/h5-7H,4H2,1-3H3,(H4,14,15,16,18). The van der Waals surface area contributed by atoms with Gasteiger partial charge in [0.1, 0.15) is 5.37 Å². The number of hydrogen-bond acceptors (Lipinski definition) is 4. The van der Waals surface area contributed by atoms with Crippen molar-refractivity contribution in [3.63, 3.8) is 0 Å². The minimum Gasteiger partial charge on any atom is -0.370 e. The molecule has 0 fully saturated rings. The normalized spacial score (nSPS) is 19.2. The van der Waals surface area contributed by atoms with Gasteiger partial charge in [0.2, 0.25) is 9.84 Å². The SMILES string of the molecule is CCc1cc2c(cc1C(=O)N=C(N)N)S(=O)(=O)C(C)N2C. The number of fused-ring (bicyclic) bond motifs is 1. The molecule has 0 bridgehead atoms. The zero-order valence-electron chi connectivity index (χ0n) is 12.1. The van der Waals surface area contributed by atoms with Crippen molar-refractivity contribution < 1.29 is 13.2 Å². The highest BCUT2D eigenvalue weighted by molar-refractivity contribution is 7.92. The molecule has 7 nitrogen and oxygen atoms in total. The van der Waals surface area contributed by atoms with Gasteiger partial charge in [-0.25, -0.2) is 8.42 Å². The van der Waals surface area contributed by atoms with Crippen molar-refractivity contribution in [3.05, 3.63) is 23.3 Å².